The van der Waals surface area contributed by atoms with Gasteiger partial charge in [-0.3, -0.25) is 4.90 Å². The van der Waals surface area contributed by atoms with Crippen LogP contribution in [0.15, 0.2) is 30.3 Å². The molecule has 0 bridgehead atoms. The number of likely N-dealkylation sites (tertiary alicyclic amines) is 1. The lowest BCUT2D eigenvalue weighted by molar-refractivity contribution is 0.0703. The molecule has 0 amide bonds. The van der Waals surface area contributed by atoms with Crippen LogP contribution in [0.4, 0.5) is 0 Å². The van der Waals surface area contributed by atoms with Crippen LogP contribution in [0.3, 0.4) is 0 Å². The third kappa shape index (κ3) is 3.28. The Morgan fingerprint density at radius 3 is 2.88 bits per heavy atom. The number of benzene rings is 1. The van der Waals surface area contributed by atoms with Gasteiger partial charge in [0.1, 0.15) is 0 Å². The van der Waals surface area contributed by atoms with Crippen molar-refractivity contribution in [2.75, 3.05) is 26.8 Å². The van der Waals surface area contributed by atoms with Crippen LogP contribution >= 0.6 is 0 Å². The molecule has 0 aromatic heterocycles. The molecule has 0 unspecified atom stereocenters. The van der Waals surface area contributed by atoms with Crippen molar-refractivity contribution in [3.8, 4) is 0 Å². The van der Waals surface area contributed by atoms with Gasteiger partial charge in [0.15, 0.2) is 0 Å². The highest BCUT2D eigenvalue weighted by molar-refractivity contribution is 5.17. The molecule has 2 rings (SSSR count). The van der Waals surface area contributed by atoms with Gasteiger partial charge in [0.05, 0.1) is 12.7 Å². The molecule has 1 heterocycles. The monoisotopic (exact) mass is 235 g/mol. The van der Waals surface area contributed by atoms with E-state index in [1.165, 1.54) is 12.8 Å². The quantitative estimate of drug-likeness (QED) is 0.845. The van der Waals surface area contributed by atoms with Crippen molar-refractivity contribution >= 4 is 0 Å². The molecule has 17 heavy (non-hydrogen) atoms. The number of nitrogens with zero attached hydrogens (tertiary/aromatic N) is 1. The lowest BCUT2D eigenvalue weighted by atomic mass is 10.1. The predicted molar refractivity (Wildman–Crippen MR) is 67.9 cm³/mol. The first-order chi connectivity index (χ1) is 8.31. The topological polar surface area (TPSA) is 32.7 Å². The van der Waals surface area contributed by atoms with Crippen molar-refractivity contribution in [2.45, 2.75) is 25.0 Å². The molecular formula is C14H21NO2. The van der Waals surface area contributed by atoms with Crippen LogP contribution in [0.25, 0.3) is 0 Å². The Morgan fingerprint density at radius 1 is 1.41 bits per heavy atom. The summed E-state index contributed by atoms with van der Waals surface area (Å²) >= 11 is 0. The summed E-state index contributed by atoms with van der Waals surface area (Å²) in [5.41, 5.74) is 0.996. The van der Waals surface area contributed by atoms with Gasteiger partial charge in [0.2, 0.25) is 0 Å². The van der Waals surface area contributed by atoms with Crippen molar-refractivity contribution in [3.05, 3.63) is 35.9 Å². The number of aliphatic hydroxyl groups excluding tert-OH is 1. The number of ether oxygens (including phenoxy) is 1. The number of aliphatic hydroxyl groups is 1. The van der Waals surface area contributed by atoms with Crippen molar-refractivity contribution in [1.82, 2.24) is 4.90 Å². The molecule has 1 fully saturated rings. The maximum absolute atomic E-state index is 10.2. The van der Waals surface area contributed by atoms with Gasteiger partial charge in [-0.15, -0.1) is 0 Å². The normalized spacial score (nSPS) is 22.8. The van der Waals surface area contributed by atoms with Gasteiger partial charge >= 0.3 is 0 Å². The van der Waals surface area contributed by atoms with Gasteiger partial charge in [0.25, 0.3) is 0 Å². The number of hydrogen-bond acceptors (Lipinski definition) is 3. The average Bonchev–Trinajstić information content (AvgIpc) is 2.78. The van der Waals surface area contributed by atoms with E-state index in [2.05, 4.69) is 4.90 Å². The zero-order valence-electron chi connectivity index (χ0n) is 10.4. The number of hydrogen-bond donors (Lipinski definition) is 1. The van der Waals surface area contributed by atoms with Crippen LogP contribution in [0.2, 0.25) is 0 Å². The Kier molecular flexibility index (Phi) is 4.54. The van der Waals surface area contributed by atoms with E-state index < -0.39 is 6.10 Å². The van der Waals surface area contributed by atoms with Crippen molar-refractivity contribution in [2.24, 2.45) is 0 Å². The fourth-order valence-corrected chi connectivity index (χ4v) is 2.52. The van der Waals surface area contributed by atoms with Crippen LogP contribution < -0.4 is 0 Å². The third-order valence-corrected chi connectivity index (χ3v) is 3.45. The summed E-state index contributed by atoms with van der Waals surface area (Å²) in [6, 6.07) is 10.3. The maximum Gasteiger partial charge on any atom is 0.0917 e. The van der Waals surface area contributed by atoms with E-state index in [1.54, 1.807) is 7.11 Å². The summed E-state index contributed by atoms with van der Waals surface area (Å²) in [6.07, 6.45) is 1.99. The van der Waals surface area contributed by atoms with E-state index in [4.69, 9.17) is 4.74 Å². The van der Waals surface area contributed by atoms with Gasteiger partial charge in [-0.05, 0) is 24.9 Å². The highest BCUT2D eigenvalue weighted by atomic mass is 16.5. The fourth-order valence-electron chi connectivity index (χ4n) is 2.52. The molecule has 3 nitrogen and oxygen atoms in total. The molecule has 1 aromatic carbocycles. The molecule has 94 valence electrons. The largest absolute Gasteiger partial charge is 0.387 e. The van der Waals surface area contributed by atoms with Crippen LogP contribution in [0, 0.1) is 0 Å². The number of methoxy groups -OCH3 is 1. The lowest BCUT2D eigenvalue weighted by Gasteiger charge is -2.26. The Balaban J connectivity index is 1.92. The van der Waals surface area contributed by atoms with E-state index in [0.29, 0.717) is 12.6 Å². The van der Waals surface area contributed by atoms with Crippen molar-refractivity contribution < 1.29 is 9.84 Å². The Hall–Kier alpha value is -0.900. The highest BCUT2D eigenvalue weighted by Gasteiger charge is 2.26. The second kappa shape index (κ2) is 6.15. The number of β-amino-alcohol motifs (C(OH)–C–C–N with tert-alkyl or cyclic N) is 1. The molecule has 0 aliphatic carbocycles. The van der Waals surface area contributed by atoms with Gasteiger partial charge in [-0.25, -0.2) is 0 Å². The van der Waals surface area contributed by atoms with Gasteiger partial charge in [-0.1, -0.05) is 30.3 Å². The minimum Gasteiger partial charge on any atom is -0.387 e. The van der Waals surface area contributed by atoms with Gasteiger partial charge < -0.3 is 9.84 Å². The molecular weight excluding hydrogens is 214 g/mol. The minimum atomic E-state index is -0.395. The van der Waals surface area contributed by atoms with Gasteiger partial charge in [0, 0.05) is 19.7 Å². The molecule has 1 aliphatic rings. The standard InChI is InChI=1S/C14H21NO2/c1-17-11-13-8-5-9-15(13)10-14(16)12-6-3-2-4-7-12/h2-4,6-7,13-14,16H,5,8-11H2,1H3/t13-,14+/m0/s1. The van der Waals surface area contributed by atoms with Crippen LogP contribution in [0.5, 0.6) is 0 Å². The van der Waals surface area contributed by atoms with Crippen LogP contribution in [-0.4, -0.2) is 42.9 Å². The summed E-state index contributed by atoms with van der Waals surface area (Å²) in [4.78, 5) is 2.33. The smallest absolute Gasteiger partial charge is 0.0917 e. The zero-order chi connectivity index (χ0) is 12.1. The summed E-state index contributed by atoms with van der Waals surface area (Å²) in [5.74, 6) is 0. The maximum atomic E-state index is 10.2. The molecule has 0 spiro atoms. The molecule has 1 aromatic rings. The van der Waals surface area contributed by atoms with Crippen LogP contribution in [-0.2, 0) is 4.74 Å². The van der Waals surface area contributed by atoms with E-state index in [-0.39, 0.29) is 0 Å². The Bertz CT molecular complexity index is 328. The van der Waals surface area contributed by atoms with Crippen molar-refractivity contribution in [1.29, 1.82) is 0 Å². The first-order valence-electron chi connectivity index (χ1n) is 6.27. The summed E-state index contributed by atoms with van der Waals surface area (Å²) in [7, 11) is 1.74. The molecule has 0 saturated carbocycles. The first-order valence-corrected chi connectivity index (χ1v) is 6.27. The SMILES string of the molecule is COC[C@@H]1CCCN1C[C@@H](O)c1ccccc1. The minimum absolute atomic E-state index is 0.395. The number of rotatable bonds is 5. The predicted octanol–water partition coefficient (Wildman–Crippen LogP) is 1.83. The highest BCUT2D eigenvalue weighted by Crippen LogP contribution is 2.21. The van der Waals surface area contributed by atoms with E-state index in [9.17, 15) is 5.11 Å². The molecule has 1 aliphatic heterocycles. The summed E-state index contributed by atoms with van der Waals surface area (Å²) in [5, 5.41) is 10.2. The Labute approximate surface area is 103 Å². The molecule has 0 radical (unpaired) electrons. The molecule has 1 saturated heterocycles. The molecule has 3 heteroatoms. The second-order valence-electron chi connectivity index (χ2n) is 4.67. The van der Waals surface area contributed by atoms with E-state index in [1.807, 2.05) is 30.3 Å². The molecule has 2 atom stereocenters. The lowest BCUT2D eigenvalue weighted by Crippen LogP contribution is -2.36. The van der Waals surface area contributed by atoms with E-state index in [0.717, 1.165) is 18.7 Å². The van der Waals surface area contributed by atoms with Crippen LogP contribution in [0.1, 0.15) is 24.5 Å². The summed E-state index contributed by atoms with van der Waals surface area (Å²) in [6.45, 7) is 2.54. The Morgan fingerprint density at radius 2 is 2.18 bits per heavy atom. The zero-order valence-corrected chi connectivity index (χ0v) is 10.4. The van der Waals surface area contributed by atoms with Gasteiger partial charge in [-0.2, -0.15) is 0 Å². The third-order valence-electron chi connectivity index (χ3n) is 3.45. The van der Waals surface area contributed by atoms with E-state index >= 15 is 0 Å². The summed E-state index contributed by atoms with van der Waals surface area (Å²) < 4.78 is 5.22. The average molecular weight is 235 g/mol. The second-order valence-corrected chi connectivity index (χ2v) is 4.67. The molecule has 1 N–H and O–H groups in total. The first kappa shape index (κ1) is 12.6. The fraction of sp³-hybridized carbons (Fsp3) is 0.571. The van der Waals surface area contributed by atoms with Crippen molar-refractivity contribution in [3.63, 3.8) is 0 Å².